The van der Waals surface area contributed by atoms with E-state index in [9.17, 15) is 4.79 Å². The highest BCUT2D eigenvalue weighted by molar-refractivity contribution is 5.87. The van der Waals surface area contributed by atoms with Crippen molar-refractivity contribution in [3.05, 3.63) is 53.6 Å². The molecule has 0 aliphatic heterocycles. The number of aromatic carboxylic acids is 1. The highest BCUT2D eigenvalue weighted by atomic mass is 16.4. The average molecular weight is 372 g/mol. The lowest BCUT2D eigenvalue weighted by molar-refractivity contribution is -0.695. The summed E-state index contributed by atoms with van der Waals surface area (Å²) in [4.78, 5) is 11.0. The zero-order valence-corrected chi connectivity index (χ0v) is 17.0. The highest BCUT2D eigenvalue weighted by Crippen LogP contribution is 2.11. The number of carboxylic acid groups (broad SMARTS) is 1. The van der Waals surface area contributed by atoms with Gasteiger partial charge < -0.3 is 5.11 Å². The van der Waals surface area contributed by atoms with Gasteiger partial charge in [0, 0.05) is 6.42 Å². The summed E-state index contributed by atoms with van der Waals surface area (Å²) in [5.41, 5.74) is 1.48. The van der Waals surface area contributed by atoms with E-state index < -0.39 is 5.97 Å². The smallest absolute Gasteiger partial charge is 0.335 e. The van der Waals surface area contributed by atoms with Gasteiger partial charge >= 0.3 is 5.97 Å². The zero-order valence-electron chi connectivity index (χ0n) is 17.0. The molecular weight excluding hydrogens is 336 g/mol. The second-order valence-electron chi connectivity index (χ2n) is 7.41. The molecule has 1 N–H and O–H groups in total. The maximum Gasteiger partial charge on any atom is 0.335 e. The van der Waals surface area contributed by atoms with Crippen molar-refractivity contribution >= 4 is 5.97 Å². The fourth-order valence-corrected chi connectivity index (χ4v) is 3.56. The van der Waals surface area contributed by atoms with E-state index in [0.717, 1.165) is 31.5 Å². The van der Waals surface area contributed by atoms with Crippen LogP contribution in [0.4, 0.5) is 0 Å². The number of unbranched alkanes of at least 4 members (excludes halogenated alkanes) is 6. The van der Waals surface area contributed by atoms with Crippen LogP contribution in [0.1, 0.15) is 87.0 Å². The molecule has 4 heteroatoms. The Morgan fingerprint density at radius 3 is 2.26 bits per heavy atom. The molecule has 0 atom stereocenters. The van der Waals surface area contributed by atoms with Crippen LogP contribution < -0.4 is 4.57 Å². The van der Waals surface area contributed by atoms with Gasteiger partial charge in [0.05, 0.1) is 12.1 Å². The second kappa shape index (κ2) is 11.6. The van der Waals surface area contributed by atoms with Crippen LogP contribution in [0.3, 0.4) is 0 Å². The first-order valence-corrected chi connectivity index (χ1v) is 10.5. The molecular formula is C23H35N2O2+. The Morgan fingerprint density at radius 2 is 1.63 bits per heavy atom. The molecule has 0 fully saturated rings. The van der Waals surface area contributed by atoms with Gasteiger partial charge in [-0.1, -0.05) is 64.5 Å². The SMILES string of the molecule is CCCCCCCCCc1n(CCC)cc[n+]1Cc1ccc(C(=O)O)cc1. The van der Waals surface area contributed by atoms with Crippen LogP contribution in [0.15, 0.2) is 36.7 Å². The summed E-state index contributed by atoms with van der Waals surface area (Å²) >= 11 is 0. The van der Waals surface area contributed by atoms with Gasteiger partial charge in [0.2, 0.25) is 0 Å². The van der Waals surface area contributed by atoms with Gasteiger partial charge in [-0.2, -0.15) is 0 Å². The maximum atomic E-state index is 11.0. The molecule has 0 unspecified atom stereocenters. The molecule has 0 spiro atoms. The first-order valence-electron chi connectivity index (χ1n) is 10.5. The molecule has 1 heterocycles. The minimum absolute atomic E-state index is 0.343. The average Bonchev–Trinajstić information content (AvgIpc) is 3.03. The summed E-state index contributed by atoms with van der Waals surface area (Å²) < 4.78 is 4.70. The van der Waals surface area contributed by atoms with Crippen LogP contribution in [-0.4, -0.2) is 15.6 Å². The fourth-order valence-electron chi connectivity index (χ4n) is 3.56. The summed E-state index contributed by atoms with van der Waals surface area (Å²) in [6.07, 6.45) is 15.9. The lowest BCUT2D eigenvalue weighted by Crippen LogP contribution is -2.38. The Morgan fingerprint density at radius 1 is 0.963 bits per heavy atom. The predicted molar refractivity (Wildman–Crippen MR) is 109 cm³/mol. The Kier molecular flexibility index (Phi) is 9.09. The number of hydrogen-bond donors (Lipinski definition) is 1. The monoisotopic (exact) mass is 371 g/mol. The van der Waals surface area contributed by atoms with E-state index >= 15 is 0 Å². The molecule has 2 aromatic rings. The van der Waals surface area contributed by atoms with Crippen molar-refractivity contribution in [1.82, 2.24) is 4.57 Å². The third-order valence-corrected chi connectivity index (χ3v) is 5.11. The van der Waals surface area contributed by atoms with Crippen molar-refractivity contribution in [2.75, 3.05) is 0 Å². The van der Waals surface area contributed by atoms with Gasteiger partial charge in [0.1, 0.15) is 18.9 Å². The summed E-state index contributed by atoms with van der Waals surface area (Å²) in [7, 11) is 0. The van der Waals surface area contributed by atoms with E-state index in [2.05, 4.69) is 35.4 Å². The van der Waals surface area contributed by atoms with Crippen molar-refractivity contribution in [3.63, 3.8) is 0 Å². The quantitative estimate of drug-likeness (QED) is 0.387. The molecule has 0 bridgehead atoms. The molecule has 1 aromatic carbocycles. The molecule has 4 nitrogen and oxygen atoms in total. The van der Waals surface area contributed by atoms with Gasteiger partial charge in [-0.05, 0) is 30.5 Å². The van der Waals surface area contributed by atoms with Gasteiger partial charge in [-0.15, -0.1) is 0 Å². The van der Waals surface area contributed by atoms with Crippen molar-refractivity contribution < 1.29 is 14.5 Å². The number of nitrogens with zero attached hydrogens (tertiary/aromatic N) is 2. The van der Waals surface area contributed by atoms with Gasteiger partial charge in [-0.25, -0.2) is 13.9 Å². The third kappa shape index (κ3) is 6.85. The molecule has 0 saturated carbocycles. The first-order chi connectivity index (χ1) is 13.2. The Bertz CT molecular complexity index is 689. The molecule has 148 valence electrons. The highest BCUT2D eigenvalue weighted by Gasteiger charge is 2.16. The predicted octanol–water partition coefficient (Wildman–Crippen LogP) is 5.23. The van der Waals surface area contributed by atoms with Gasteiger partial charge in [0.15, 0.2) is 0 Å². The van der Waals surface area contributed by atoms with Crippen molar-refractivity contribution in [1.29, 1.82) is 0 Å². The van der Waals surface area contributed by atoms with E-state index in [4.69, 9.17) is 5.11 Å². The Balaban J connectivity index is 1.96. The topological polar surface area (TPSA) is 46.1 Å². The van der Waals surface area contributed by atoms with Gasteiger partial charge in [0.25, 0.3) is 5.82 Å². The fraction of sp³-hybridized carbons (Fsp3) is 0.565. The standard InChI is InChI=1S/C23H34N2O2/c1-3-5-6-7-8-9-10-11-22-24(16-4-2)17-18-25(22)19-20-12-14-21(15-13-20)23(26)27/h12-15,17-18H,3-11,16,19H2,1-2H3/p+1. The van der Waals surface area contributed by atoms with E-state index in [0.29, 0.717) is 5.56 Å². The van der Waals surface area contributed by atoms with E-state index in [1.54, 1.807) is 12.1 Å². The summed E-state index contributed by atoms with van der Waals surface area (Å²) in [6.45, 7) is 6.32. The van der Waals surface area contributed by atoms with Crippen LogP contribution in [-0.2, 0) is 19.5 Å². The number of benzene rings is 1. The van der Waals surface area contributed by atoms with Crippen LogP contribution in [0.2, 0.25) is 0 Å². The number of aryl methyl sites for hydroxylation is 1. The normalized spacial score (nSPS) is 11.0. The lowest BCUT2D eigenvalue weighted by atomic mass is 10.1. The molecule has 2 rings (SSSR count). The van der Waals surface area contributed by atoms with Crippen LogP contribution in [0.5, 0.6) is 0 Å². The van der Waals surface area contributed by atoms with Crippen LogP contribution in [0.25, 0.3) is 0 Å². The number of rotatable bonds is 13. The zero-order chi connectivity index (χ0) is 19.5. The summed E-state index contributed by atoms with van der Waals surface area (Å²) in [5, 5.41) is 9.05. The molecule has 0 aliphatic rings. The molecule has 0 saturated heterocycles. The van der Waals surface area contributed by atoms with E-state index in [-0.39, 0.29) is 0 Å². The number of aromatic nitrogens is 2. The van der Waals surface area contributed by atoms with Crippen molar-refractivity contribution in [2.24, 2.45) is 0 Å². The minimum atomic E-state index is -0.872. The summed E-state index contributed by atoms with van der Waals surface area (Å²) in [5.74, 6) is 0.510. The van der Waals surface area contributed by atoms with Crippen molar-refractivity contribution in [2.45, 2.75) is 84.7 Å². The molecule has 0 radical (unpaired) electrons. The molecule has 0 amide bonds. The largest absolute Gasteiger partial charge is 0.478 e. The number of imidazole rings is 1. The number of hydrogen-bond acceptors (Lipinski definition) is 1. The molecule has 27 heavy (non-hydrogen) atoms. The van der Waals surface area contributed by atoms with Gasteiger partial charge in [-0.3, -0.25) is 0 Å². The molecule has 0 aliphatic carbocycles. The first kappa shape index (κ1) is 21.2. The van der Waals surface area contributed by atoms with Crippen LogP contribution >= 0.6 is 0 Å². The Labute approximate surface area is 163 Å². The van der Waals surface area contributed by atoms with E-state index in [1.807, 2.05) is 12.1 Å². The maximum absolute atomic E-state index is 11.0. The van der Waals surface area contributed by atoms with Crippen LogP contribution in [0, 0.1) is 0 Å². The minimum Gasteiger partial charge on any atom is -0.478 e. The number of carbonyl (C=O) groups is 1. The van der Waals surface area contributed by atoms with E-state index in [1.165, 1.54) is 50.8 Å². The lowest BCUT2D eigenvalue weighted by Gasteiger charge is -2.06. The summed E-state index contributed by atoms with van der Waals surface area (Å²) in [6, 6.07) is 7.23. The Hall–Kier alpha value is -2.10. The second-order valence-corrected chi connectivity index (χ2v) is 7.41. The third-order valence-electron chi connectivity index (χ3n) is 5.11. The molecule has 1 aromatic heterocycles. The van der Waals surface area contributed by atoms with Crippen molar-refractivity contribution in [3.8, 4) is 0 Å². The number of carboxylic acids is 1.